The fourth-order valence-corrected chi connectivity index (χ4v) is 6.59. The van der Waals surface area contributed by atoms with E-state index >= 15 is 0 Å². The van der Waals surface area contributed by atoms with Gasteiger partial charge in [-0.25, -0.2) is 8.42 Å². The smallest absolute Gasteiger partial charge is 0.229 e. The second-order valence-electron chi connectivity index (χ2n) is 9.40. The number of rotatable bonds is 9. The fraction of sp³-hybridized carbons (Fsp3) is 0.739. The van der Waals surface area contributed by atoms with Crippen LogP contribution in [0.15, 0.2) is 24.3 Å². The van der Waals surface area contributed by atoms with Crippen LogP contribution in [-0.2, 0) is 20.2 Å². The first-order valence-electron chi connectivity index (χ1n) is 11.3. The average Bonchev–Trinajstić information content (AvgIpc) is 3.07. The van der Waals surface area contributed by atoms with Gasteiger partial charge in [-0.2, -0.15) is 0 Å². The van der Waals surface area contributed by atoms with E-state index in [-0.39, 0.29) is 5.41 Å². The van der Waals surface area contributed by atoms with Gasteiger partial charge in [0.25, 0.3) is 0 Å². The van der Waals surface area contributed by atoms with Crippen LogP contribution < -0.4 is 4.72 Å². The normalized spacial score (nSPS) is 30.3. The summed E-state index contributed by atoms with van der Waals surface area (Å²) in [7, 11) is -3.25. The van der Waals surface area contributed by atoms with E-state index in [1.807, 2.05) is 18.2 Å². The highest BCUT2D eigenvalue weighted by molar-refractivity contribution is 7.92. The standard InChI is InChI=1S/C23H36N2O3S/c1-3-23(19-10-7-11-20(14-19)24-29(2,26)27)21-15-25(16-22(21)23)12-13-28-17-18-8-5-4-6-9-18/h7,10-11,14,18,21-22,24H,3-6,8-9,12-13,15-17H2,1-2H3. The van der Waals surface area contributed by atoms with Crippen molar-refractivity contribution in [1.29, 1.82) is 0 Å². The molecular weight excluding hydrogens is 384 g/mol. The Balaban J connectivity index is 1.28. The third-order valence-corrected chi connectivity index (χ3v) is 8.13. The molecule has 0 amide bonds. The van der Waals surface area contributed by atoms with Crippen molar-refractivity contribution in [3.63, 3.8) is 0 Å². The molecule has 0 bridgehead atoms. The lowest BCUT2D eigenvalue weighted by atomic mass is 9.87. The van der Waals surface area contributed by atoms with Crippen LogP contribution in [0.5, 0.6) is 0 Å². The zero-order valence-electron chi connectivity index (χ0n) is 17.9. The summed E-state index contributed by atoms with van der Waals surface area (Å²) in [5, 5.41) is 0. The van der Waals surface area contributed by atoms with Gasteiger partial charge in [0, 0.05) is 37.3 Å². The van der Waals surface area contributed by atoms with Crippen LogP contribution >= 0.6 is 0 Å². The summed E-state index contributed by atoms with van der Waals surface area (Å²) in [4.78, 5) is 2.56. The molecule has 2 unspecified atom stereocenters. The molecule has 29 heavy (non-hydrogen) atoms. The Morgan fingerprint density at radius 3 is 2.55 bits per heavy atom. The highest BCUT2D eigenvalue weighted by Gasteiger charge is 2.67. The van der Waals surface area contributed by atoms with Crippen LogP contribution in [0.4, 0.5) is 5.69 Å². The summed E-state index contributed by atoms with van der Waals surface area (Å²) in [6, 6.07) is 8.03. The maximum atomic E-state index is 11.6. The van der Waals surface area contributed by atoms with Gasteiger partial charge in [-0.15, -0.1) is 0 Å². The van der Waals surface area contributed by atoms with Gasteiger partial charge in [0.1, 0.15) is 0 Å². The van der Waals surface area contributed by atoms with E-state index in [0.29, 0.717) is 17.5 Å². The Labute approximate surface area is 176 Å². The number of benzene rings is 1. The molecule has 4 rings (SSSR count). The number of nitrogens with one attached hydrogen (secondary N) is 1. The van der Waals surface area contributed by atoms with Crippen LogP contribution in [0.1, 0.15) is 51.0 Å². The van der Waals surface area contributed by atoms with Gasteiger partial charge < -0.3 is 9.64 Å². The van der Waals surface area contributed by atoms with E-state index in [0.717, 1.165) is 45.2 Å². The van der Waals surface area contributed by atoms with E-state index in [2.05, 4.69) is 22.6 Å². The van der Waals surface area contributed by atoms with Crippen molar-refractivity contribution < 1.29 is 13.2 Å². The molecule has 2 saturated carbocycles. The lowest BCUT2D eigenvalue weighted by molar-refractivity contribution is 0.0677. The van der Waals surface area contributed by atoms with Crippen molar-refractivity contribution >= 4 is 15.7 Å². The molecule has 162 valence electrons. The van der Waals surface area contributed by atoms with Gasteiger partial charge in [-0.3, -0.25) is 4.72 Å². The maximum Gasteiger partial charge on any atom is 0.229 e. The van der Waals surface area contributed by atoms with E-state index in [1.165, 1.54) is 43.9 Å². The number of ether oxygens (including phenoxy) is 1. The molecule has 0 radical (unpaired) electrons. The van der Waals surface area contributed by atoms with E-state index in [9.17, 15) is 8.42 Å². The first-order chi connectivity index (χ1) is 13.9. The summed E-state index contributed by atoms with van der Waals surface area (Å²) in [6.07, 6.45) is 9.17. The minimum absolute atomic E-state index is 0.217. The summed E-state index contributed by atoms with van der Waals surface area (Å²) in [5.74, 6) is 2.15. The quantitative estimate of drug-likeness (QED) is 0.616. The lowest BCUT2D eigenvalue weighted by Gasteiger charge is -2.27. The molecule has 2 atom stereocenters. The molecule has 6 heteroatoms. The van der Waals surface area contributed by atoms with Crippen molar-refractivity contribution in [2.24, 2.45) is 17.8 Å². The highest BCUT2D eigenvalue weighted by atomic mass is 32.2. The molecule has 1 saturated heterocycles. The second kappa shape index (κ2) is 8.56. The third-order valence-electron chi connectivity index (χ3n) is 7.53. The Bertz CT molecular complexity index is 792. The predicted molar refractivity (Wildman–Crippen MR) is 118 cm³/mol. The topological polar surface area (TPSA) is 58.6 Å². The predicted octanol–water partition coefficient (Wildman–Crippen LogP) is 3.86. The lowest BCUT2D eigenvalue weighted by Crippen LogP contribution is -2.33. The number of anilines is 1. The molecule has 0 aromatic heterocycles. The number of nitrogens with zero attached hydrogens (tertiary/aromatic N) is 1. The van der Waals surface area contributed by atoms with Crippen LogP contribution in [0, 0.1) is 17.8 Å². The minimum Gasteiger partial charge on any atom is -0.380 e. The van der Waals surface area contributed by atoms with Crippen molar-refractivity contribution in [2.75, 3.05) is 43.8 Å². The molecule has 1 aromatic carbocycles. The SMILES string of the molecule is CCC1(c2cccc(NS(C)(=O)=O)c2)C2CN(CCOCC3CCCCC3)CC21. The Hall–Kier alpha value is -1.11. The van der Waals surface area contributed by atoms with Crippen LogP contribution in [0.25, 0.3) is 0 Å². The van der Waals surface area contributed by atoms with Gasteiger partial charge in [-0.1, -0.05) is 38.3 Å². The summed E-state index contributed by atoms with van der Waals surface area (Å²) in [6.45, 7) is 7.37. The van der Waals surface area contributed by atoms with Gasteiger partial charge in [0.05, 0.1) is 12.9 Å². The first kappa shape index (κ1) is 21.1. The zero-order valence-corrected chi connectivity index (χ0v) is 18.7. The molecule has 3 aliphatic rings. The zero-order chi connectivity index (χ0) is 20.5. The van der Waals surface area contributed by atoms with E-state index in [4.69, 9.17) is 4.74 Å². The number of fused-ring (bicyclic) bond motifs is 1. The molecule has 1 heterocycles. The Morgan fingerprint density at radius 1 is 1.17 bits per heavy atom. The summed E-state index contributed by atoms with van der Waals surface area (Å²) < 4.78 is 31.8. The number of hydrogen-bond donors (Lipinski definition) is 1. The van der Waals surface area contributed by atoms with E-state index < -0.39 is 10.0 Å². The molecule has 1 aromatic rings. The molecule has 1 aliphatic heterocycles. The van der Waals surface area contributed by atoms with Gasteiger partial charge in [-0.05, 0) is 54.7 Å². The summed E-state index contributed by atoms with van der Waals surface area (Å²) in [5.41, 5.74) is 2.18. The first-order valence-corrected chi connectivity index (χ1v) is 13.2. The molecule has 3 fully saturated rings. The van der Waals surface area contributed by atoms with Crippen molar-refractivity contribution in [3.8, 4) is 0 Å². The van der Waals surface area contributed by atoms with Crippen molar-refractivity contribution in [1.82, 2.24) is 4.90 Å². The third kappa shape index (κ3) is 4.64. The second-order valence-corrected chi connectivity index (χ2v) is 11.1. The Kier molecular flexibility index (Phi) is 6.24. The minimum atomic E-state index is -3.25. The monoisotopic (exact) mass is 420 g/mol. The van der Waals surface area contributed by atoms with E-state index in [1.54, 1.807) is 0 Å². The van der Waals surface area contributed by atoms with Crippen LogP contribution in [0.2, 0.25) is 0 Å². The number of hydrogen-bond acceptors (Lipinski definition) is 4. The fourth-order valence-electron chi connectivity index (χ4n) is 6.04. The molecule has 1 N–H and O–H groups in total. The van der Waals surface area contributed by atoms with Crippen molar-refractivity contribution in [2.45, 2.75) is 50.9 Å². The molecule has 5 nitrogen and oxygen atoms in total. The maximum absolute atomic E-state index is 11.6. The van der Waals surface area contributed by atoms with Gasteiger partial charge in [0.15, 0.2) is 0 Å². The number of piperidine rings is 1. The van der Waals surface area contributed by atoms with Gasteiger partial charge >= 0.3 is 0 Å². The summed E-state index contributed by atoms with van der Waals surface area (Å²) >= 11 is 0. The number of likely N-dealkylation sites (tertiary alicyclic amines) is 1. The Morgan fingerprint density at radius 2 is 1.90 bits per heavy atom. The molecule has 0 spiro atoms. The highest BCUT2D eigenvalue weighted by Crippen LogP contribution is 2.65. The van der Waals surface area contributed by atoms with Crippen LogP contribution in [-0.4, -0.2) is 52.4 Å². The molecule has 2 aliphatic carbocycles. The average molecular weight is 421 g/mol. The van der Waals surface area contributed by atoms with Gasteiger partial charge in [0.2, 0.25) is 10.0 Å². The van der Waals surface area contributed by atoms with Crippen molar-refractivity contribution in [3.05, 3.63) is 29.8 Å². The van der Waals surface area contributed by atoms with Crippen LogP contribution in [0.3, 0.4) is 0 Å². The molecular formula is C23H36N2O3S. The number of sulfonamides is 1. The largest absolute Gasteiger partial charge is 0.380 e.